The van der Waals surface area contributed by atoms with Gasteiger partial charge < -0.3 is 4.74 Å². The Morgan fingerprint density at radius 1 is 1.29 bits per heavy atom. The van der Waals surface area contributed by atoms with Crippen LogP contribution in [-0.2, 0) is 14.3 Å². The zero-order chi connectivity index (χ0) is 15.3. The molecular formula is C18H26O3. The van der Waals surface area contributed by atoms with E-state index in [0.717, 1.165) is 32.1 Å². The number of carbonyl (C=O) groups is 2. The van der Waals surface area contributed by atoms with E-state index < -0.39 is 6.10 Å². The maximum atomic E-state index is 12.1. The van der Waals surface area contributed by atoms with Crippen molar-refractivity contribution in [3.05, 3.63) is 36.5 Å². The number of rotatable bonds is 5. The van der Waals surface area contributed by atoms with Crippen LogP contribution in [0.2, 0.25) is 0 Å². The summed E-state index contributed by atoms with van der Waals surface area (Å²) in [6.07, 6.45) is 17.2. The Morgan fingerprint density at radius 3 is 2.95 bits per heavy atom. The SMILES string of the molecule is CC/C=C\CCC(=O)[C@@H]1/C=C\C/C=C\CCCCC(=O)O1. The fourth-order valence-corrected chi connectivity index (χ4v) is 2.09. The van der Waals surface area contributed by atoms with E-state index in [2.05, 4.69) is 19.1 Å². The van der Waals surface area contributed by atoms with E-state index in [4.69, 9.17) is 4.74 Å². The number of hydrogen-bond acceptors (Lipinski definition) is 3. The van der Waals surface area contributed by atoms with Crippen molar-refractivity contribution in [1.29, 1.82) is 0 Å². The lowest BCUT2D eigenvalue weighted by atomic mass is 10.1. The molecule has 0 spiro atoms. The van der Waals surface area contributed by atoms with Crippen LogP contribution in [0.25, 0.3) is 0 Å². The molecule has 1 atom stereocenters. The predicted molar refractivity (Wildman–Crippen MR) is 84.9 cm³/mol. The van der Waals surface area contributed by atoms with Crippen LogP contribution in [-0.4, -0.2) is 17.9 Å². The first kappa shape index (κ1) is 17.4. The van der Waals surface area contributed by atoms with Crippen LogP contribution in [0, 0.1) is 0 Å². The summed E-state index contributed by atoms with van der Waals surface area (Å²) in [5.41, 5.74) is 0. The summed E-state index contributed by atoms with van der Waals surface area (Å²) in [6, 6.07) is 0. The number of esters is 1. The van der Waals surface area contributed by atoms with E-state index in [1.807, 2.05) is 18.2 Å². The molecule has 0 aromatic rings. The summed E-state index contributed by atoms with van der Waals surface area (Å²) in [7, 11) is 0. The number of Topliss-reactive ketones (excluding diaryl/α,β-unsaturated/α-hetero) is 1. The molecule has 0 fully saturated rings. The monoisotopic (exact) mass is 290 g/mol. The third-order valence-corrected chi connectivity index (χ3v) is 3.29. The molecule has 1 aliphatic rings. The van der Waals surface area contributed by atoms with Gasteiger partial charge in [0, 0.05) is 12.8 Å². The molecule has 1 heterocycles. The molecule has 0 aromatic carbocycles. The van der Waals surface area contributed by atoms with Crippen LogP contribution in [0.15, 0.2) is 36.5 Å². The lowest BCUT2D eigenvalue weighted by molar-refractivity contribution is -0.152. The molecular weight excluding hydrogens is 264 g/mol. The molecule has 1 aliphatic heterocycles. The summed E-state index contributed by atoms with van der Waals surface area (Å²) in [5, 5.41) is 0. The van der Waals surface area contributed by atoms with Gasteiger partial charge in [-0.25, -0.2) is 0 Å². The van der Waals surface area contributed by atoms with Gasteiger partial charge >= 0.3 is 5.97 Å². The largest absolute Gasteiger partial charge is 0.450 e. The maximum absolute atomic E-state index is 12.1. The fourth-order valence-electron chi connectivity index (χ4n) is 2.09. The Balaban J connectivity index is 2.59. The van der Waals surface area contributed by atoms with Crippen molar-refractivity contribution in [2.45, 2.75) is 64.4 Å². The van der Waals surface area contributed by atoms with E-state index in [1.54, 1.807) is 6.08 Å². The van der Waals surface area contributed by atoms with Gasteiger partial charge in [0.15, 0.2) is 11.9 Å². The normalized spacial score (nSPS) is 23.9. The third kappa shape index (κ3) is 8.28. The van der Waals surface area contributed by atoms with E-state index in [0.29, 0.717) is 19.3 Å². The van der Waals surface area contributed by atoms with E-state index in [9.17, 15) is 9.59 Å². The second-order valence-electron chi connectivity index (χ2n) is 5.18. The molecule has 0 saturated heterocycles. The molecule has 0 aromatic heterocycles. The van der Waals surface area contributed by atoms with Gasteiger partial charge in [-0.15, -0.1) is 0 Å². The average Bonchev–Trinajstić information content (AvgIpc) is 2.46. The van der Waals surface area contributed by atoms with Crippen LogP contribution in [0.3, 0.4) is 0 Å². The minimum atomic E-state index is -0.722. The molecule has 0 radical (unpaired) electrons. The highest BCUT2D eigenvalue weighted by Crippen LogP contribution is 2.10. The highest BCUT2D eigenvalue weighted by Gasteiger charge is 2.19. The Labute approximate surface area is 127 Å². The number of allylic oxidation sites excluding steroid dienone is 5. The fraction of sp³-hybridized carbons (Fsp3) is 0.556. The molecule has 0 aliphatic carbocycles. The smallest absolute Gasteiger partial charge is 0.306 e. The highest BCUT2D eigenvalue weighted by atomic mass is 16.5. The molecule has 0 bridgehead atoms. The number of ether oxygens (including phenoxy) is 1. The minimum Gasteiger partial charge on any atom is -0.450 e. The van der Waals surface area contributed by atoms with Gasteiger partial charge in [-0.2, -0.15) is 0 Å². The molecule has 1 rings (SSSR count). The Kier molecular flexibility index (Phi) is 9.18. The average molecular weight is 290 g/mol. The quantitative estimate of drug-likeness (QED) is 0.560. The Morgan fingerprint density at radius 2 is 2.14 bits per heavy atom. The summed E-state index contributed by atoms with van der Waals surface area (Å²) in [5.74, 6) is -0.298. The number of ketones is 1. The molecule has 116 valence electrons. The first-order chi connectivity index (χ1) is 10.2. The topological polar surface area (TPSA) is 43.4 Å². The first-order valence-electron chi connectivity index (χ1n) is 7.93. The van der Waals surface area contributed by atoms with Gasteiger partial charge in [-0.05, 0) is 44.6 Å². The standard InChI is InChI=1S/C18H26O3/c1-2-3-4-10-13-16(19)17-14-11-8-6-5-7-9-12-15-18(20)21-17/h3-6,11,14,17H,2,7-10,12-13,15H2,1H3/b4-3-,6-5-,14-11-/t17-/m0/s1. The Hall–Kier alpha value is -1.64. The van der Waals surface area contributed by atoms with Crippen molar-refractivity contribution in [1.82, 2.24) is 0 Å². The van der Waals surface area contributed by atoms with Crippen molar-refractivity contribution in [2.75, 3.05) is 0 Å². The molecule has 21 heavy (non-hydrogen) atoms. The second kappa shape index (κ2) is 11.1. The van der Waals surface area contributed by atoms with Crippen molar-refractivity contribution in [3.63, 3.8) is 0 Å². The summed E-state index contributed by atoms with van der Waals surface area (Å²) in [6.45, 7) is 2.06. The molecule has 0 unspecified atom stereocenters. The molecule has 0 N–H and O–H groups in total. The van der Waals surface area contributed by atoms with Crippen LogP contribution >= 0.6 is 0 Å². The van der Waals surface area contributed by atoms with Crippen molar-refractivity contribution in [2.24, 2.45) is 0 Å². The molecule has 3 nitrogen and oxygen atoms in total. The number of cyclic esters (lactones) is 1. The van der Waals surface area contributed by atoms with Gasteiger partial charge in [0.25, 0.3) is 0 Å². The Bertz CT molecular complexity index is 405. The van der Waals surface area contributed by atoms with Crippen LogP contribution < -0.4 is 0 Å². The minimum absolute atomic E-state index is 0.0265. The number of carbonyl (C=O) groups excluding carboxylic acids is 2. The second-order valence-corrected chi connectivity index (χ2v) is 5.18. The van der Waals surface area contributed by atoms with E-state index in [-0.39, 0.29) is 11.8 Å². The lowest BCUT2D eigenvalue weighted by Gasteiger charge is -2.13. The van der Waals surface area contributed by atoms with Crippen molar-refractivity contribution < 1.29 is 14.3 Å². The van der Waals surface area contributed by atoms with Gasteiger partial charge in [-0.3, -0.25) is 9.59 Å². The summed E-state index contributed by atoms with van der Waals surface area (Å²) >= 11 is 0. The van der Waals surface area contributed by atoms with E-state index in [1.165, 1.54) is 0 Å². The zero-order valence-corrected chi connectivity index (χ0v) is 12.9. The van der Waals surface area contributed by atoms with Gasteiger partial charge in [0.05, 0.1) is 0 Å². The zero-order valence-electron chi connectivity index (χ0n) is 12.9. The summed E-state index contributed by atoms with van der Waals surface area (Å²) in [4.78, 5) is 23.9. The third-order valence-electron chi connectivity index (χ3n) is 3.29. The number of hydrogen-bond donors (Lipinski definition) is 0. The molecule has 0 saturated carbocycles. The van der Waals surface area contributed by atoms with Gasteiger partial charge in [0.1, 0.15) is 0 Å². The van der Waals surface area contributed by atoms with E-state index >= 15 is 0 Å². The summed E-state index contributed by atoms with van der Waals surface area (Å²) < 4.78 is 5.32. The predicted octanol–water partition coefficient (Wildman–Crippen LogP) is 4.29. The molecule has 3 heteroatoms. The van der Waals surface area contributed by atoms with Gasteiger partial charge in [-0.1, -0.05) is 37.3 Å². The highest BCUT2D eigenvalue weighted by molar-refractivity contribution is 5.87. The van der Waals surface area contributed by atoms with Crippen LogP contribution in [0.5, 0.6) is 0 Å². The first-order valence-corrected chi connectivity index (χ1v) is 7.93. The van der Waals surface area contributed by atoms with Crippen molar-refractivity contribution >= 4 is 11.8 Å². The molecule has 0 amide bonds. The van der Waals surface area contributed by atoms with Crippen LogP contribution in [0.1, 0.15) is 58.3 Å². The van der Waals surface area contributed by atoms with Crippen molar-refractivity contribution in [3.8, 4) is 0 Å². The maximum Gasteiger partial charge on any atom is 0.306 e. The van der Waals surface area contributed by atoms with Crippen LogP contribution in [0.4, 0.5) is 0 Å². The lowest BCUT2D eigenvalue weighted by Crippen LogP contribution is -2.25. The van der Waals surface area contributed by atoms with Gasteiger partial charge in [0.2, 0.25) is 0 Å².